The summed E-state index contributed by atoms with van der Waals surface area (Å²) in [6.45, 7) is 6.05. The first-order chi connectivity index (χ1) is 12.4. The molecule has 0 saturated carbocycles. The van der Waals surface area contributed by atoms with Crippen LogP contribution in [0.2, 0.25) is 0 Å². The molecule has 5 heteroatoms. The number of aryl methyl sites for hydroxylation is 1. The smallest absolute Gasteiger partial charge is 0.237 e. The van der Waals surface area contributed by atoms with Crippen LogP contribution >= 0.6 is 12.4 Å². The van der Waals surface area contributed by atoms with Gasteiger partial charge < -0.3 is 15.8 Å². The maximum absolute atomic E-state index is 12.3. The Kier molecular flexibility index (Phi) is 9.90. The molecule has 0 radical (unpaired) electrons. The van der Waals surface area contributed by atoms with Gasteiger partial charge >= 0.3 is 0 Å². The molecule has 2 atom stereocenters. The topological polar surface area (TPSA) is 64.3 Å². The fraction of sp³-hybridized carbons (Fsp3) is 0.409. The minimum Gasteiger partial charge on any atom is -0.491 e. The van der Waals surface area contributed by atoms with E-state index in [0.717, 1.165) is 24.2 Å². The van der Waals surface area contributed by atoms with Crippen LogP contribution in [-0.4, -0.2) is 24.1 Å². The van der Waals surface area contributed by atoms with Crippen molar-refractivity contribution >= 4 is 18.3 Å². The van der Waals surface area contributed by atoms with Crippen LogP contribution in [0.5, 0.6) is 5.75 Å². The van der Waals surface area contributed by atoms with Gasteiger partial charge in [-0.3, -0.25) is 4.79 Å². The van der Waals surface area contributed by atoms with E-state index in [2.05, 4.69) is 17.4 Å². The fourth-order valence-electron chi connectivity index (χ4n) is 2.77. The number of carbonyl (C=O) groups excluding carboxylic acids is 1. The Bertz CT molecular complexity index is 674. The highest BCUT2D eigenvalue weighted by Gasteiger charge is 2.16. The normalized spacial score (nSPS) is 12.8. The summed E-state index contributed by atoms with van der Waals surface area (Å²) in [7, 11) is 0. The molecule has 0 aromatic heterocycles. The Balaban J connectivity index is 0.00000364. The van der Waals surface area contributed by atoms with E-state index in [9.17, 15) is 4.79 Å². The second-order valence-electron chi connectivity index (χ2n) is 7.06. The van der Waals surface area contributed by atoms with Gasteiger partial charge in [-0.1, -0.05) is 42.5 Å². The lowest BCUT2D eigenvalue weighted by molar-refractivity contribution is -0.123. The second-order valence-corrected chi connectivity index (χ2v) is 7.06. The van der Waals surface area contributed by atoms with Crippen LogP contribution in [0.4, 0.5) is 0 Å². The Morgan fingerprint density at radius 1 is 1.00 bits per heavy atom. The zero-order valence-electron chi connectivity index (χ0n) is 16.4. The summed E-state index contributed by atoms with van der Waals surface area (Å²) in [5.74, 6) is 0.791. The number of amides is 1. The number of nitrogens with one attached hydrogen (secondary N) is 1. The number of hydrogen-bond acceptors (Lipinski definition) is 3. The summed E-state index contributed by atoms with van der Waals surface area (Å²) in [5, 5.41) is 3.02. The summed E-state index contributed by atoms with van der Waals surface area (Å²) in [5.41, 5.74) is 8.34. The third-order valence-electron chi connectivity index (χ3n) is 4.19. The number of halogens is 1. The van der Waals surface area contributed by atoms with Gasteiger partial charge in [-0.15, -0.1) is 12.4 Å². The van der Waals surface area contributed by atoms with E-state index in [-0.39, 0.29) is 30.5 Å². The molecule has 1 unspecified atom stereocenters. The molecule has 0 heterocycles. The molecule has 0 aliphatic carbocycles. The first-order valence-electron chi connectivity index (χ1n) is 9.29. The maximum atomic E-state index is 12.3. The van der Waals surface area contributed by atoms with Crippen LogP contribution in [0.25, 0.3) is 0 Å². The maximum Gasteiger partial charge on any atom is 0.237 e. The van der Waals surface area contributed by atoms with Crippen molar-refractivity contribution in [3.63, 3.8) is 0 Å². The quantitative estimate of drug-likeness (QED) is 0.682. The summed E-state index contributed by atoms with van der Waals surface area (Å²) >= 11 is 0. The molecule has 2 rings (SSSR count). The standard InChI is InChI=1S/C22H30N2O2.ClH/c1-16(2)26-20-13-11-18(12-14-20)10-9-17(3)24-22(25)21(23)15-19-7-5-4-6-8-19;/h4-8,11-14,16-17,21H,9-10,15,23H2,1-3H3,(H,24,25);1H/t17?,21-;/m0./s1. The van der Waals surface area contributed by atoms with E-state index in [0.29, 0.717) is 6.42 Å². The first kappa shape index (κ1) is 23.0. The van der Waals surface area contributed by atoms with E-state index in [1.165, 1.54) is 5.56 Å². The number of benzene rings is 2. The van der Waals surface area contributed by atoms with Gasteiger partial charge in [-0.2, -0.15) is 0 Å². The van der Waals surface area contributed by atoms with Crippen molar-refractivity contribution in [3.8, 4) is 5.75 Å². The van der Waals surface area contributed by atoms with E-state index in [1.807, 2.05) is 63.2 Å². The molecule has 4 nitrogen and oxygen atoms in total. The third kappa shape index (κ3) is 8.46. The van der Waals surface area contributed by atoms with Crippen LogP contribution < -0.4 is 15.8 Å². The molecule has 3 N–H and O–H groups in total. The number of carbonyl (C=O) groups is 1. The average Bonchev–Trinajstić information content (AvgIpc) is 2.61. The van der Waals surface area contributed by atoms with Gasteiger partial charge in [0.1, 0.15) is 5.75 Å². The highest BCUT2D eigenvalue weighted by atomic mass is 35.5. The molecular weight excluding hydrogens is 360 g/mol. The Hall–Kier alpha value is -2.04. The molecule has 0 bridgehead atoms. The minimum atomic E-state index is -0.521. The van der Waals surface area contributed by atoms with Gasteiger partial charge in [-0.25, -0.2) is 0 Å². The van der Waals surface area contributed by atoms with E-state index in [4.69, 9.17) is 10.5 Å². The van der Waals surface area contributed by atoms with Crippen molar-refractivity contribution in [1.82, 2.24) is 5.32 Å². The lowest BCUT2D eigenvalue weighted by atomic mass is 10.0. The largest absolute Gasteiger partial charge is 0.491 e. The van der Waals surface area contributed by atoms with E-state index < -0.39 is 6.04 Å². The predicted octanol–water partition coefficient (Wildman–Crippen LogP) is 3.90. The predicted molar refractivity (Wildman–Crippen MR) is 114 cm³/mol. The van der Waals surface area contributed by atoms with Gasteiger partial charge in [0.15, 0.2) is 0 Å². The van der Waals surface area contributed by atoms with Crippen LogP contribution in [0, 0.1) is 0 Å². The molecule has 0 spiro atoms. The van der Waals surface area contributed by atoms with Gasteiger partial charge in [0.05, 0.1) is 12.1 Å². The molecule has 0 aliphatic rings. The van der Waals surface area contributed by atoms with Crippen molar-refractivity contribution < 1.29 is 9.53 Å². The molecule has 0 saturated heterocycles. The molecule has 2 aromatic rings. The summed E-state index contributed by atoms with van der Waals surface area (Å²) < 4.78 is 5.65. The van der Waals surface area contributed by atoms with Crippen molar-refractivity contribution in [1.29, 1.82) is 0 Å². The van der Waals surface area contributed by atoms with Gasteiger partial charge in [0.25, 0.3) is 0 Å². The van der Waals surface area contributed by atoms with Gasteiger partial charge in [-0.05, 0) is 63.3 Å². The van der Waals surface area contributed by atoms with E-state index in [1.54, 1.807) is 0 Å². The molecule has 0 fully saturated rings. The van der Waals surface area contributed by atoms with Crippen molar-refractivity contribution in [2.24, 2.45) is 5.73 Å². The van der Waals surface area contributed by atoms with Crippen molar-refractivity contribution in [2.45, 2.75) is 58.2 Å². The SMILES string of the molecule is CC(CCc1ccc(OC(C)C)cc1)NC(=O)[C@@H](N)Cc1ccccc1.Cl. The van der Waals surface area contributed by atoms with Gasteiger partial charge in [0.2, 0.25) is 5.91 Å². The number of hydrogen-bond donors (Lipinski definition) is 2. The highest BCUT2D eigenvalue weighted by molar-refractivity contribution is 5.85. The zero-order valence-corrected chi connectivity index (χ0v) is 17.2. The Labute approximate surface area is 168 Å². The molecule has 1 amide bonds. The fourth-order valence-corrected chi connectivity index (χ4v) is 2.77. The van der Waals surface area contributed by atoms with Crippen LogP contribution in [0.1, 0.15) is 38.3 Å². The lowest BCUT2D eigenvalue weighted by Crippen LogP contribution is -2.45. The van der Waals surface area contributed by atoms with Crippen LogP contribution in [0.15, 0.2) is 54.6 Å². The second kappa shape index (κ2) is 11.6. The van der Waals surface area contributed by atoms with Crippen molar-refractivity contribution in [2.75, 3.05) is 0 Å². The lowest BCUT2D eigenvalue weighted by Gasteiger charge is -2.18. The monoisotopic (exact) mass is 390 g/mol. The number of nitrogens with two attached hydrogens (primary N) is 1. The van der Waals surface area contributed by atoms with Crippen LogP contribution in [-0.2, 0) is 17.6 Å². The third-order valence-corrected chi connectivity index (χ3v) is 4.19. The number of rotatable bonds is 9. The molecule has 148 valence electrons. The van der Waals surface area contributed by atoms with Gasteiger partial charge in [0, 0.05) is 6.04 Å². The number of ether oxygens (including phenoxy) is 1. The first-order valence-corrected chi connectivity index (χ1v) is 9.29. The summed E-state index contributed by atoms with van der Waals surface area (Å²) in [6, 6.07) is 17.6. The molecule has 0 aliphatic heterocycles. The molecule has 2 aromatic carbocycles. The average molecular weight is 391 g/mol. The summed E-state index contributed by atoms with van der Waals surface area (Å²) in [4.78, 5) is 12.3. The molecule has 27 heavy (non-hydrogen) atoms. The van der Waals surface area contributed by atoms with Crippen molar-refractivity contribution in [3.05, 3.63) is 65.7 Å². The zero-order chi connectivity index (χ0) is 18.9. The summed E-state index contributed by atoms with van der Waals surface area (Å²) in [6.07, 6.45) is 2.50. The highest BCUT2D eigenvalue weighted by Crippen LogP contribution is 2.15. The van der Waals surface area contributed by atoms with E-state index >= 15 is 0 Å². The Morgan fingerprint density at radius 3 is 2.22 bits per heavy atom. The molecular formula is C22H31ClN2O2. The minimum absolute atomic E-state index is 0. The van der Waals surface area contributed by atoms with Crippen LogP contribution in [0.3, 0.4) is 0 Å². The Morgan fingerprint density at radius 2 is 1.63 bits per heavy atom.